The molecule has 0 aromatic rings. The van der Waals surface area contributed by atoms with Gasteiger partial charge in [-0.2, -0.15) is 0 Å². The van der Waals surface area contributed by atoms with E-state index < -0.39 is 10.0 Å². The Morgan fingerprint density at radius 2 is 1.82 bits per heavy atom. The lowest BCUT2D eigenvalue weighted by Crippen LogP contribution is -2.53. The minimum Gasteiger partial charge on any atom is -0.379 e. The molecule has 2 rings (SSSR count). The summed E-state index contributed by atoms with van der Waals surface area (Å²) in [6.45, 7) is 10.6. The molecule has 0 saturated carbocycles. The number of halogens is 1. The highest BCUT2D eigenvalue weighted by Crippen LogP contribution is 2.19. The van der Waals surface area contributed by atoms with Crippen LogP contribution in [-0.4, -0.2) is 94.9 Å². The highest BCUT2D eigenvalue weighted by atomic mass is 127. The number of nitrogens with zero attached hydrogens (tertiary/aromatic N) is 3. The SMILES string of the molecule is CCC(CC)C(CNC(=NC)NCCN1CCCS1(=O)=O)N1CCOCC1.I. The fraction of sp³-hybridized carbons (Fsp3) is 0.944. The molecule has 166 valence electrons. The van der Waals surface area contributed by atoms with Crippen LogP contribution in [0.5, 0.6) is 0 Å². The summed E-state index contributed by atoms with van der Waals surface area (Å²) in [5, 5.41) is 6.71. The molecule has 2 aliphatic heterocycles. The van der Waals surface area contributed by atoms with Crippen LogP contribution in [-0.2, 0) is 14.8 Å². The van der Waals surface area contributed by atoms with Crippen molar-refractivity contribution in [3.05, 3.63) is 0 Å². The summed E-state index contributed by atoms with van der Waals surface area (Å²) in [6.07, 6.45) is 3.03. The standard InChI is InChI=1S/C18H37N5O3S.HI/c1-4-16(5-2)17(22-10-12-26-13-11-22)15-21-18(19-3)20-7-9-23-8-6-14-27(23,24)25;/h16-17H,4-15H2,1-3H3,(H2,19,20,21);1H. The first kappa shape index (κ1) is 25.9. The third kappa shape index (κ3) is 7.58. The number of morpholine rings is 1. The molecule has 2 saturated heterocycles. The normalized spacial score (nSPS) is 22.1. The van der Waals surface area contributed by atoms with Crippen molar-refractivity contribution in [2.45, 2.75) is 39.2 Å². The number of hydrogen-bond donors (Lipinski definition) is 2. The topological polar surface area (TPSA) is 86.3 Å². The zero-order chi connectivity index (χ0) is 19.7. The van der Waals surface area contributed by atoms with E-state index in [0.717, 1.165) is 58.1 Å². The summed E-state index contributed by atoms with van der Waals surface area (Å²) >= 11 is 0. The molecule has 1 atom stereocenters. The summed E-state index contributed by atoms with van der Waals surface area (Å²) in [4.78, 5) is 6.83. The van der Waals surface area contributed by atoms with Gasteiger partial charge in [-0.3, -0.25) is 9.89 Å². The van der Waals surface area contributed by atoms with Crippen LogP contribution >= 0.6 is 24.0 Å². The molecule has 2 N–H and O–H groups in total. The van der Waals surface area contributed by atoms with Gasteiger partial charge in [0.1, 0.15) is 0 Å². The van der Waals surface area contributed by atoms with Crippen molar-refractivity contribution in [3.8, 4) is 0 Å². The molecule has 0 amide bonds. The molecule has 10 heteroatoms. The Kier molecular flexibility index (Phi) is 12.2. The van der Waals surface area contributed by atoms with Gasteiger partial charge in [0, 0.05) is 52.4 Å². The van der Waals surface area contributed by atoms with Gasteiger partial charge in [-0.15, -0.1) is 24.0 Å². The summed E-state index contributed by atoms with van der Waals surface area (Å²) in [7, 11) is -1.28. The fourth-order valence-electron chi connectivity index (χ4n) is 4.00. The average Bonchev–Trinajstić information content (AvgIpc) is 3.02. The van der Waals surface area contributed by atoms with E-state index in [-0.39, 0.29) is 29.7 Å². The van der Waals surface area contributed by atoms with Gasteiger partial charge >= 0.3 is 0 Å². The Hall–Kier alpha value is -0.170. The third-order valence-electron chi connectivity index (χ3n) is 5.67. The second-order valence-electron chi connectivity index (χ2n) is 7.24. The van der Waals surface area contributed by atoms with Gasteiger partial charge in [-0.1, -0.05) is 26.7 Å². The maximum absolute atomic E-state index is 11.9. The highest BCUT2D eigenvalue weighted by molar-refractivity contribution is 14.0. The first-order chi connectivity index (χ1) is 13.0. The van der Waals surface area contributed by atoms with Crippen LogP contribution in [0.3, 0.4) is 0 Å². The summed E-state index contributed by atoms with van der Waals surface area (Å²) in [5.41, 5.74) is 0. The Morgan fingerprint density at radius 1 is 1.14 bits per heavy atom. The van der Waals surface area contributed by atoms with E-state index in [0.29, 0.717) is 31.6 Å². The fourth-order valence-corrected chi connectivity index (χ4v) is 5.53. The number of sulfonamides is 1. The minimum absolute atomic E-state index is 0. The second-order valence-corrected chi connectivity index (χ2v) is 9.33. The Bertz CT molecular complexity index is 566. The molecule has 0 bridgehead atoms. The molecule has 0 aromatic heterocycles. The van der Waals surface area contributed by atoms with Gasteiger partial charge in [-0.05, 0) is 12.3 Å². The van der Waals surface area contributed by atoms with Crippen LogP contribution in [0.25, 0.3) is 0 Å². The van der Waals surface area contributed by atoms with Crippen molar-refractivity contribution in [3.63, 3.8) is 0 Å². The van der Waals surface area contributed by atoms with Crippen LogP contribution in [0.4, 0.5) is 0 Å². The van der Waals surface area contributed by atoms with Gasteiger partial charge in [0.15, 0.2) is 5.96 Å². The highest BCUT2D eigenvalue weighted by Gasteiger charge is 2.28. The van der Waals surface area contributed by atoms with Crippen LogP contribution in [0.2, 0.25) is 0 Å². The lowest BCUT2D eigenvalue weighted by atomic mass is 9.92. The molecule has 2 heterocycles. The lowest BCUT2D eigenvalue weighted by Gasteiger charge is -2.39. The minimum atomic E-state index is -3.04. The first-order valence-corrected chi connectivity index (χ1v) is 11.9. The van der Waals surface area contributed by atoms with E-state index in [9.17, 15) is 8.42 Å². The number of nitrogens with one attached hydrogen (secondary N) is 2. The molecule has 2 aliphatic rings. The average molecular weight is 532 g/mol. The number of ether oxygens (including phenoxy) is 1. The van der Waals surface area contributed by atoms with Gasteiger partial charge in [0.25, 0.3) is 0 Å². The van der Waals surface area contributed by atoms with Crippen molar-refractivity contribution >= 4 is 40.0 Å². The summed E-state index contributed by atoms with van der Waals surface area (Å²) in [6, 6.07) is 0.446. The predicted molar refractivity (Wildman–Crippen MR) is 125 cm³/mol. The number of rotatable bonds is 9. The number of hydrogen-bond acceptors (Lipinski definition) is 5. The van der Waals surface area contributed by atoms with Gasteiger partial charge in [0.05, 0.1) is 19.0 Å². The van der Waals surface area contributed by atoms with Crippen LogP contribution in [0.1, 0.15) is 33.1 Å². The van der Waals surface area contributed by atoms with Crippen LogP contribution < -0.4 is 10.6 Å². The molecule has 28 heavy (non-hydrogen) atoms. The van der Waals surface area contributed by atoms with Crippen molar-refractivity contribution in [1.82, 2.24) is 19.8 Å². The third-order valence-corrected chi connectivity index (χ3v) is 7.62. The van der Waals surface area contributed by atoms with E-state index in [1.54, 1.807) is 11.4 Å². The van der Waals surface area contributed by atoms with E-state index in [2.05, 4.69) is 34.4 Å². The van der Waals surface area contributed by atoms with E-state index in [1.807, 2.05) is 0 Å². The summed E-state index contributed by atoms with van der Waals surface area (Å²) in [5.74, 6) is 1.63. The van der Waals surface area contributed by atoms with Crippen molar-refractivity contribution < 1.29 is 13.2 Å². The van der Waals surface area contributed by atoms with Crippen molar-refractivity contribution in [2.24, 2.45) is 10.9 Å². The number of guanidine groups is 1. The molecule has 0 spiro atoms. The van der Waals surface area contributed by atoms with Crippen LogP contribution in [0, 0.1) is 5.92 Å². The molecule has 0 radical (unpaired) electrons. The van der Waals surface area contributed by atoms with Crippen LogP contribution in [0.15, 0.2) is 4.99 Å². The zero-order valence-corrected chi connectivity index (χ0v) is 20.7. The molecule has 2 fully saturated rings. The van der Waals surface area contributed by atoms with E-state index >= 15 is 0 Å². The summed E-state index contributed by atoms with van der Waals surface area (Å²) < 4.78 is 30.8. The van der Waals surface area contributed by atoms with Crippen molar-refractivity contribution in [2.75, 3.05) is 65.3 Å². The largest absolute Gasteiger partial charge is 0.379 e. The van der Waals surface area contributed by atoms with Gasteiger partial charge < -0.3 is 15.4 Å². The predicted octanol–water partition coefficient (Wildman–Crippen LogP) is 0.942. The van der Waals surface area contributed by atoms with Gasteiger partial charge in [-0.25, -0.2) is 12.7 Å². The molecular formula is C18H38IN5O3S. The maximum Gasteiger partial charge on any atom is 0.214 e. The molecule has 1 unspecified atom stereocenters. The van der Waals surface area contributed by atoms with Crippen molar-refractivity contribution in [1.29, 1.82) is 0 Å². The van der Waals surface area contributed by atoms with Gasteiger partial charge in [0.2, 0.25) is 10.0 Å². The number of aliphatic imine (C=N–C) groups is 1. The zero-order valence-electron chi connectivity index (χ0n) is 17.5. The van der Waals surface area contributed by atoms with E-state index in [1.165, 1.54) is 0 Å². The molecular weight excluding hydrogens is 493 g/mol. The monoisotopic (exact) mass is 531 g/mol. The Labute approximate surface area is 187 Å². The Balaban J connectivity index is 0.00000392. The van der Waals surface area contributed by atoms with E-state index in [4.69, 9.17) is 4.74 Å². The maximum atomic E-state index is 11.9. The first-order valence-electron chi connectivity index (χ1n) is 10.3. The molecule has 0 aromatic carbocycles. The molecule has 0 aliphatic carbocycles. The quantitative estimate of drug-likeness (QED) is 0.262. The Morgan fingerprint density at radius 3 is 2.36 bits per heavy atom. The smallest absolute Gasteiger partial charge is 0.214 e. The molecule has 8 nitrogen and oxygen atoms in total. The second kappa shape index (κ2) is 13.2. The lowest BCUT2D eigenvalue weighted by molar-refractivity contribution is 0.00272.